The maximum absolute atomic E-state index is 13.2. The normalized spacial score (nSPS) is 16.2. The number of halogens is 3. The number of piperidine rings is 1. The van der Waals surface area contributed by atoms with Gasteiger partial charge in [0.05, 0.1) is 16.9 Å². The van der Waals surface area contributed by atoms with Crippen LogP contribution in [0.3, 0.4) is 0 Å². The summed E-state index contributed by atoms with van der Waals surface area (Å²) in [5.74, 6) is 0.466. The van der Waals surface area contributed by atoms with E-state index in [2.05, 4.69) is 5.32 Å². The summed E-state index contributed by atoms with van der Waals surface area (Å²) in [7, 11) is 0. The number of amides is 1. The summed E-state index contributed by atoms with van der Waals surface area (Å²) < 4.78 is 50.1. The Labute approximate surface area is 160 Å². The number of carbonyl (C=O) groups is 1. The Balaban J connectivity index is 1.65. The highest BCUT2D eigenvalue weighted by atomic mass is 19.4. The summed E-state index contributed by atoms with van der Waals surface area (Å²) in [6.07, 6.45) is -1.46. The third-order valence-electron chi connectivity index (χ3n) is 4.90. The number of ether oxygens (including phenoxy) is 2. The molecule has 1 N–H and O–H groups in total. The number of fused-ring (bicyclic) bond motifs is 1. The Morgan fingerprint density at radius 3 is 2.46 bits per heavy atom. The van der Waals surface area contributed by atoms with Crippen LogP contribution in [0.25, 0.3) is 0 Å². The molecule has 2 aromatic carbocycles. The van der Waals surface area contributed by atoms with Gasteiger partial charge in [0.25, 0.3) is 5.91 Å². The van der Waals surface area contributed by atoms with Gasteiger partial charge in [-0.3, -0.25) is 4.79 Å². The van der Waals surface area contributed by atoms with E-state index in [0.29, 0.717) is 17.2 Å². The van der Waals surface area contributed by atoms with E-state index >= 15 is 0 Å². The summed E-state index contributed by atoms with van der Waals surface area (Å²) >= 11 is 0. The van der Waals surface area contributed by atoms with Crippen LogP contribution in [-0.4, -0.2) is 25.8 Å². The van der Waals surface area contributed by atoms with E-state index in [9.17, 15) is 18.0 Å². The first-order chi connectivity index (χ1) is 13.4. The van der Waals surface area contributed by atoms with Crippen LogP contribution < -0.4 is 19.7 Å². The van der Waals surface area contributed by atoms with Crippen molar-refractivity contribution < 1.29 is 27.4 Å². The van der Waals surface area contributed by atoms with Crippen molar-refractivity contribution in [1.82, 2.24) is 0 Å². The molecule has 0 spiro atoms. The zero-order chi connectivity index (χ0) is 19.7. The van der Waals surface area contributed by atoms with Crippen molar-refractivity contribution in [3.05, 3.63) is 47.5 Å². The fraction of sp³-hybridized carbons (Fsp3) is 0.350. The minimum Gasteiger partial charge on any atom is -0.454 e. The Bertz CT molecular complexity index is 893. The summed E-state index contributed by atoms with van der Waals surface area (Å²) in [5, 5.41) is 2.65. The second-order valence-corrected chi connectivity index (χ2v) is 6.80. The molecule has 2 heterocycles. The topological polar surface area (TPSA) is 50.8 Å². The molecule has 28 heavy (non-hydrogen) atoms. The largest absolute Gasteiger partial charge is 0.454 e. The van der Waals surface area contributed by atoms with Gasteiger partial charge in [-0.2, -0.15) is 13.2 Å². The average Bonchev–Trinajstić information content (AvgIpc) is 3.15. The second-order valence-electron chi connectivity index (χ2n) is 6.80. The van der Waals surface area contributed by atoms with Gasteiger partial charge in [0.15, 0.2) is 11.5 Å². The number of nitrogens with zero attached hydrogens (tertiary/aromatic N) is 1. The van der Waals surface area contributed by atoms with E-state index in [1.807, 2.05) is 4.90 Å². The van der Waals surface area contributed by atoms with Gasteiger partial charge in [-0.05, 0) is 55.7 Å². The molecule has 4 rings (SSSR count). The zero-order valence-electron chi connectivity index (χ0n) is 15.0. The van der Waals surface area contributed by atoms with E-state index in [4.69, 9.17) is 9.47 Å². The van der Waals surface area contributed by atoms with E-state index in [1.165, 1.54) is 12.1 Å². The predicted molar refractivity (Wildman–Crippen MR) is 98.0 cm³/mol. The van der Waals surface area contributed by atoms with Crippen LogP contribution in [0, 0.1) is 0 Å². The number of nitrogens with one attached hydrogen (secondary N) is 1. The highest BCUT2D eigenvalue weighted by molar-refractivity contribution is 6.06. The van der Waals surface area contributed by atoms with Crippen LogP contribution in [-0.2, 0) is 6.18 Å². The molecule has 0 bridgehead atoms. The lowest BCUT2D eigenvalue weighted by atomic mass is 10.1. The standard InChI is InChI=1S/C20H19F3N2O3/c21-20(22,23)14-5-6-16(25-8-2-1-3-9-25)15(11-14)24-19(26)13-4-7-17-18(10-13)28-12-27-17/h4-7,10-11H,1-3,8-9,12H2,(H,24,26). The molecule has 2 aromatic rings. The maximum Gasteiger partial charge on any atom is 0.416 e. The molecule has 0 saturated carbocycles. The van der Waals surface area contributed by atoms with Crippen LogP contribution in [0.15, 0.2) is 36.4 Å². The summed E-state index contributed by atoms with van der Waals surface area (Å²) in [4.78, 5) is 14.7. The molecule has 8 heteroatoms. The van der Waals surface area contributed by atoms with Crippen LogP contribution in [0.2, 0.25) is 0 Å². The quantitative estimate of drug-likeness (QED) is 0.824. The molecule has 1 fully saturated rings. The number of hydrogen-bond acceptors (Lipinski definition) is 4. The van der Waals surface area contributed by atoms with E-state index in [-0.39, 0.29) is 18.0 Å². The molecule has 0 unspecified atom stereocenters. The van der Waals surface area contributed by atoms with Gasteiger partial charge in [0, 0.05) is 18.7 Å². The minimum absolute atomic E-state index is 0.0765. The fourth-order valence-electron chi connectivity index (χ4n) is 3.46. The van der Waals surface area contributed by atoms with Crippen molar-refractivity contribution in [2.24, 2.45) is 0 Å². The van der Waals surface area contributed by atoms with Crippen molar-refractivity contribution in [2.45, 2.75) is 25.4 Å². The van der Waals surface area contributed by atoms with Crippen molar-refractivity contribution in [2.75, 3.05) is 30.1 Å². The molecule has 0 radical (unpaired) electrons. The number of alkyl halides is 3. The molecule has 2 aliphatic heterocycles. The number of rotatable bonds is 3. The molecule has 0 aromatic heterocycles. The molecule has 2 aliphatic rings. The lowest BCUT2D eigenvalue weighted by Gasteiger charge is -2.31. The number of benzene rings is 2. The monoisotopic (exact) mass is 392 g/mol. The first kappa shape index (κ1) is 18.5. The van der Waals surface area contributed by atoms with Gasteiger partial charge in [-0.15, -0.1) is 0 Å². The smallest absolute Gasteiger partial charge is 0.416 e. The molecule has 1 amide bonds. The molecule has 1 saturated heterocycles. The second kappa shape index (κ2) is 7.26. The number of hydrogen-bond donors (Lipinski definition) is 1. The summed E-state index contributed by atoms with van der Waals surface area (Å²) in [6.45, 7) is 1.57. The highest BCUT2D eigenvalue weighted by Crippen LogP contribution is 2.37. The van der Waals surface area contributed by atoms with Crippen LogP contribution in [0.1, 0.15) is 35.2 Å². The lowest BCUT2D eigenvalue weighted by molar-refractivity contribution is -0.137. The molecule has 148 valence electrons. The Hall–Kier alpha value is -2.90. The molecular weight excluding hydrogens is 373 g/mol. The molecule has 0 aliphatic carbocycles. The zero-order valence-corrected chi connectivity index (χ0v) is 15.0. The SMILES string of the molecule is O=C(Nc1cc(C(F)(F)F)ccc1N1CCCCC1)c1ccc2c(c1)OCO2. The van der Waals surface area contributed by atoms with Crippen molar-refractivity contribution >= 4 is 17.3 Å². The summed E-state index contributed by atoms with van der Waals surface area (Å²) in [6, 6.07) is 8.16. The van der Waals surface area contributed by atoms with Crippen LogP contribution in [0.4, 0.5) is 24.5 Å². The van der Waals surface area contributed by atoms with Crippen LogP contribution >= 0.6 is 0 Å². The Morgan fingerprint density at radius 2 is 1.71 bits per heavy atom. The highest BCUT2D eigenvalue weighted by Gasteiger charge is 2.32. The lowest BCUT2D eigenvalue weighted by Crippen LogP contribution is -2.30. The molecular formula is C20H19F3N2O3. The van der Waals surface area contributed by atoms with E-state index in [0.717, 1.165) is 44.5 Å². The first-order valence-electron chi connectivity index (χ1n) is 9.09. The van der Waals surface area contributed by atoms with Crippen molar-refractivity contribution in [1.29, 1.82) is 0 Å². The average molecular weight is 392 g/mol. The Kier molecular flexibility index (Phi) is 4.78. The minimum atomic E-state index is -4.49. The van der Waals surface area contributed by atoms with Gasteiger partial charge in [0.2, 0.25) is 6.79 Å². The summed E-state index contributed by atoms with van der Waals surface area (Å²) in [5.41, 5.74) is 0.238. The number of anilines is 2. The molecule has 0 atom stereocenters. The maximum atomic E-state index is 13.2. The third kappa shape index (κ3) is 3.72. The number of carbonyl (C=O) groups excluding carboxylic acids is 1. The van der Waals surface area contributed by atoms with Gasteiger partial charge in [-0.1, -0.05) is 0 Å². The van der Waals surface area contributed by atoms with E-state index in [1.54, 1.807) is 12.1 Å². The molecule has 5 nitrogen and oxygen atoms in total. The Morgan fingerprint density at radius 1 is 0.964 bits per heavy atom. The van der Waals surface area contributed by atoms with Gasteiger partial charge in [0.1, 0.15) is 0 Å². The van der Waals surface area contributed by atoms with Crippen molar-refractivity contribution in [3.8, 4) is 11.5 Å². The fourth-order valence-corrected chi connectivity index (χ4v) is 3.46. The van der Waals surface area contributed by atoms with Gasteiger partial charge < -0.3 is 19.7 Å². The third-order valence-corrected chi connectivity index (χ3v) is 4.90. The van der Waals surface area contributed by atoms with Gasteiger partial charge in [-0.25, -0.2) is 0 Å². The first-order valence-corrected chi connectivity index (χ1v) is 9.09. The van der Waals surface area contributed by atoms with Gasteiger partial charge >= 0.3 is 6.18 Å². The van der Waals surface area contributed by atoms with Crippen LogP contribution in [0.5, 0.6) is 11.5 Å². The van der Waals surface area contributed by atoms with Crippen molar-refractivity contribution in [3.63, 3.8) is 0 Å². The van der Waals surface area contributed by atoms with E-state index < -0.39 is 17.6 Å². The predicted octanol–water partition coefficient (Wildman–Crippen LogP) is 4.68.